The molecule has 0 unspecified atom stereocenters. The molecule has 0 bridgehead atoms. The average Bonchev–Trinajstić information content (AvgIpc) is 2.21. The van der Waals surface area contributed by atoms with Crippen molar-refractivity contribution in [2.45, 2.75) is 33.1 Å². The molecule has 0 atom stereocenters. The Bertz CT molecular complexity index is 246. The third-order valence-corrected chi connectivity index (χ3v) is 3.17. The van der Waals surface area contributed by atoms with Gasteiger partial charge in [-0.2, -0.15) is 0 Å². The first-order valence-electron chi connectivity index (χ1n) is 6.24. The lowest BCUT2D eigenvalue weighted by Crippen LogP contribution is -2.35. The Hall–Kier alpha value is -0.830. The first kappa shape index (κ1) is 13.2. The van der Waals surface area contributed by atoms with Crippen molar-refractivity contribution >= 4 is 5.97 Å². The second-order valence-corrected chi connectivity index (χ2v) is 4.45. The van der Waals surface area contributed by atoms with E-state index in [9.17, 15) is 4.79 Å². The molecule has 16 heavy (non-hydrogen) atoms. The molecule has 0 aromatic rings. The average molecular weight is 225 g/mol. The van der Waals surface area contributed by atoms with Crippen LogP contribution in [-0.2, 0) is 9.53 Å². The maximum Gasteiger partial charge on any atom is 0.334 e. The normalized spacial score (nSPS) is 15.9. The van der Waals surface area contributed by atoms with E-state index >= 15 is 0 Å². The van der Waals surface area contributed by atoms with Crippen molar-refractivity contribution in [3.05, 3.63) is 12.2 Å². The van der Waals surface area contributed by atoms with Gasteiger partial charge in [-0.05, 0) is 32.2 Å². The topological polar surface area (TPSA) is 29.5 Å². The van der Waals surface area contributed by atoms with Crippen LogP contribution in [0, 0.1) is 5.92 Å². The van der Waals surface area contributed by atoms with Crippen molar-refractivity contribution in [3.8, 4) is 0 Å². The Morgan fingerprint density at radius 2 is 2.12 bits per heavy atom. The van der Waals surface area contributed by atoms with E-state index in [1.54, 1.807) is 0 Å². The summed E-state index contributed by atoms with van der Waals surface area (Å²) in [4.78, 5) is 13.7. The molecule has 0 saturated heterocycles. The molecule has 0 aliphatic heterocycles. The van der Waals surface area contributed by atoms with Crippen LogP contribution in [0.3, 0.4) is 0 Å². The van der Waals surface area contributed by atoms with Crippen LogP contribution in [0.15, 0.2) is 12.2 Å². The molecule has 1 aliphatic rings. The van der Waals surface area contributed by atoms with Crippen LogP contribution >= 0.6 is 0 Å². The van der Waals surface area contributed by atoms with E-state index in [0.29, 0.717) is 18.7 Å². The third-order valence-electron chi connectivity index (χ3n) is 3.17. The summed E-state index contributed by atoms with van der Waals surface area (Å²) in [7, 11) is 0. The van der Waals surface area contributed by atoms with Gasteiger partial charge in [-0.1, -0.05) is 19.9 Å². The zero-order valence-corrected chi connectivity index (χ0v) is 10.5. The Balaban J connectivity index is 2.30. The van der Waals surface area contributed by atoms with Gasteiger partial charge in [-0.3, -0.25) is 4.90 Å². The molecule has 1 aliphatic carbocycles. The quantitative estimate of drug-likeness (QED) is 0.491. The van der Waals surface area contributed by atoms with Crippen LogP contribution < -0.4 is 0 Å². The van der Waals surface area contributed by atoms with E-state index in [0.717, 1.165) is 19.0 Å². The third kappa shape index (κ3) is 3.97. The molecule has 0 radical (unpaired) electrons. The van der Waals surface area contributed by atoms with Gasteiger partial charge in [-0.15, -0.1) is 0 Å². The largest absolute Gasteiger partial charge is 0.463 e. The van der Waals surface area contributed by atoms with E-state index in [-0.39, 0.29) is 5.97 Å². The molecule has 3 nitrogen and oxygen atoms in total. The molecule has 0 aromatic carbocycles. The van der Waals surface area contributed by atoms with Gasteiger partial charge >= 0.3 is 5.97 Å². The zero-order chi connectivity index (χ0) is 12.0. The van der Waals surface area contributed by atoms with E-state index in [1.807, 2.05) is 6.92 Å². The van der Waals surface area contributed by atoms with E-state index < -0.39 is 0 Å². The number of carbonyl (C=O) groups excluding carboxylic acids is 1. The Morgan fingerprint density at radius 1 is 1.44 bits per heavy atom. The first-order valence-corrected chi connectivity index (χ1v) is 6.24. The number of hydrogen-bond donors (Lipinski definition) is 0. The summed E-state index contributed by atoms with van der Waals surface area (Å²) in [6.07, 6.45) is 4.03. The molecule has 0 N–H and O–H groups in total. The second kappa shape index (κ2) is 6.69. The number of likely N-dealkylation sites (N-methyl/N-ethyl adjacent to an activating group) is 1. The highest BCUT2D eigenvalue weighted by molar-refractivity contribution is 5.88. The van der Waals surface area contributed by atoms with E-state index in [4.69, 9.17) is 4.74 Å². The van der Waals surface area contributed by atoms with Crippen molar-refractivity contribution in [1.29, 1.82) is 0 Å². The zero-order valence-electron chi connectivity index (χ0n) is 10.5. The molecule has 1 saturated carbocycles. The molecule has 0 aromatic heterocycles. The molecule has 0 amide bonds. The molecule has 0 spiro atoms. The highest BCUT2D eigenvalue weighted by atomic mass is 16.5. The molecular formula is C13H23NO2. The Labute approximate surface area is 98.5 Å². The van der Waals surface area contributed by atoms with E-state index in [2.05, 4.69) is 18.4 Å². The number of hydrogen-bond acceptors (Lipinski definition) is 3. The second-order valence-electron chi connectivity index (χ2n) is 4.45. The number of ether oxygens (including phenoxy) is 1. The van der Waals surface area contributed by atoms with Crippen molar-refractivity contribution in [2.75, 3.05) is 26.2 Å². The van der Waals surface area contributed by atoms with Crippen LogP contribution in [0.25, 0.3) is 0 Å². The summed E-state index contributed by atoms with van der Waals surface area (Å²) in [6.45, 7) is 10.9. The van der Waals surface area contributed by atoms with Gasteiger partial charge in [0.25, 0.3) is 0 Å². The van der Waals surface area contributed by atoms with Gasteiger partial charge in [0.05, 0.1) is 6.61 Å². The molecule has 0 heterocycles. The number of rotatable bonds is 7. The number of esters is 1. The summed E-state index contributed by atoms with van der Waals surface area (Å²) < 4.78 is 4.93. The van der Waals surface area contributed by atoms with Gasteiger partial charge in [0.2, 0.25) is 0 Å². The fraction of sp³-hybridized carbons (Fsp3) is 0.769. The minimum atomic E-state index is -0.255. The first-order chi connectivity index (χ1) is 7.67. The SMILES string of the molecule is C=C(CN(CC)CC1CCC1)C(=O)OCC. The predicted octanol–water partition coefficient (Wildman–Crippen LogP) is 2.23. The number of carbonyl (C=O) groups is 1. The van der Waals surface area contributed by atoms with Crippen LogP contribution in [-0.4, -0.2) is 37.1 Å². The van der Waals surface area contributed by atoms with Crippen molar-refractivity contribution in [1.82, 2.24) is 4.90 Å². The summed E-state index contributed by atoms with van der Waals surface area (Å²) in [5.74, 6) is 0.574. The minimum absolute atomic E-state index is 0.255. The lowest BCUT2D eigenvalue weighted by molar-refractivity contribution is -0.138. The molecule has 92 valence electrons. The van der Waals surface area contributed by atoms with E-state index in [1.165, 1.54) is 19.3 Å². The lowest BCUT2D eigenvalue weighted by Gasteiger charge is -2.31. The van der Waals surface area contributed by atoms with Gasteiger partial charge in [0.15, 0.2) is 0 Å². The maximum atomic E-state index is 11.4. The standard InChI is InChI=1S/C13H23NO2/c1-4-14(10-12-7-6-8-12)9-11(3)13(15)16-5-2/h12H,3-10H2,1-2H3. The molecule has 3 heteroatoms. The molecule has 1 fully saturated rings. The fourth-order valence-electron chi connectivity index (χ4n) is 1.91. The van der Waals surface area contributed by atoms with Crippen LogP contribution in [0.4, 0.5) is 0 Å². The summed E-state index contributed by atoms with van der Waals surface area (Å²) in [5.41, 5.74) is 0.572. The van der Waals surface area contributed by atoms with Gasteiger partial charge in [0.1, 0.15) is 0 Å². The van der Waals surface area contributed by atoms with Gasteiger partial charge in [0, 0.05) is 18.7 Å². The summed E-state index contributed by atoms with van der Waals surface area (Å²) in [6, 6.07) is 0. The lowest BCUT2D eigenvalue weighted by atomic mass is 9.85. The minimum Gasteiger partial charge on any atom is -0.463 e. The van der Waals surface area contributed by atoms with Crippen molar-refractivity contribution in [3.63, 3.8) is 0 Å². The number of nitrogens with zero attached hydrogens (tertiary/aromatic N) is 1. The Kier molecular flexibility index (Phi) is 5.53. The molecule has 1 rings (SSSR count). The van der Waals surface area contributed by atoms with Crippen molar-refractivity contribution in [2.24, 2.45) is 5.92 Å². The van der Waals surface area contributed by atoms with Crippen molar-refractivity contribution < 1.29 is 9.53 Å². The van der Waals surface area contributed by atoms with Gasteiger partial charge < -0.3 is 4.74 Å². The predicted molar refractivity (Wildman–Crippen MR) is 65.2 cm³/mol. The molecular weight excluding hydrogens is 202 g/mol. The van der Waals surface area contributed by atoms with Crippen LogP contribution in [0.1, 0.15) is 33.1 Å². The summed E-state index contributed by atoms with van der Waals surface area (Å²) >= 11 is 0. The Morgan fingerprint density at radius 3 is 2.56 bits per heavy atom. The van der Waals surface area contributed by atoms with Gasteiger partial charge in [-0.25, -0.2) is 4.79 Å². The highest BCUT2D eigenvalue weighted by Gasteiger charge is 2.21. The van der Waals surface area contributed by atoms with Crippen LogP contribution in [0.2, 0.25) is 0 Å². The fourth-order valence-corrected chi connectivity index (χ4v) is 1.91. The highest BCUT2D eigenvalue weighted by Crippen LogP contribution is 2.27. The maximum absolute atomic E-state index is 11.4. The summed E-state index contributed by atoms with van der Waals surface area (Å²) in [5, 5.41) is 0. The smallest absolute Gasteiger partial charge is 0.334 e. The van der Waals surface area contributed by atoms with Crippen LogP contribution in [0.5, 0.6) is 0 Å². The monoisotopic (exact) mass is 225 g/mol.